The standard InChI is InChI=1S/C21H18N2/c1-2-17-10-9-15-20(16-17)22-23-21(18-11-5-3-6-12-18)19-13-7-4-8-14-19/h2-16,22H,1H2. The van der Waals surface area contributed by atoms with Gasteiger partial charge in [-0.15, -0.1) is 0 Å². The van der Waals surface area contributed by atoms with Crippen molar-refractivity contribution in [2.75, 3.05) is 5.43 Å². The molecule has 0 bridgehead atoms. The van der Waals surface area contributed by atoms with Gasteiger partial charge in [0.05, 0.1) is 11.4 Å². The molecule has 0 aliphatic carbocycles. The molecule has 2 heteroatoms. The van der Waals surface area contributed by atoms with Gasteiger partial charge in [0.25, 0.3) is 0 Å². The van der Waals surface area contributed by atoms with Crippen molar-refractivity contribution < 1.29 is 0 Å². The highest BCUT2D eigenvalue weighted by Gasteiger charge is 2.06. The van der Waals surface area contributed by atoms with Crippen molar-refractivity contribution >= 4 is 17.5 Å². The fourth-order valence-electron chi connectivity index (χ4n) is 2.34. The normalized spacial score (nSPS) is 9.91. The number of hydrogen-bond donors (Lipinski definition) is 1. The summed E-state index contributed by atoms with van der Waals surface area (Å²) in [5.74, 6) is 0. The number of nitrogens with zero attached hydrogens (tertiary/aromatic N) is 1. The Morgan fingerprint density at radius 1 is 0.783 bits per heavy atom. The predicted octanol–water partition coefficient (Wildman–Crippen LogP) is 5.19. The minimum Gasteiger partial charge on any atom is -0.278 e. The monoisotopic (exact) mass is 298 g/mol. The Morgan fingerprint density at radius 2 is 1.39 bits per heavy atom. The Kier molecular flexibility index (Phi) is 4.65. The zero-order valence-electron chi connectivity index (χ0n) is 12.8. The van der Waals surface area contributed by atoms with Crippen LogP contribution < -0.4 is 5.43 Å². The molecule has 0 spiro atoms. The highest BCUT2D eigenvalue weighted by molar-refractivity contribution is 6.13. The minimum atomic E-state index is 0.912. The number of hydrazone groups is 1. The Balaban J connectivity index is 1.96. The average Bonchev–Trinajstić information content (AvgIpc) is 2.64. The first-order chi connectivity index (χ1) is 11.4. The summed E-state index contributed by atoms with van der Waals surface area (Å²) in [4.78, 5) is 0. The van der Waals surface area contributed by atoms with Gasteiger partial charge in [-0.2, -0.15) is 5.10 Å². The first-order valence-corrected chi connectivity index (χ1v) is 7.54. The molecule has 0 amide bonds. The SMILES string of the molecule is C=Cc1cccc(NN=C(c2ccccc2)c2ccccc2)c1. The van der Waals surface area contributed by atoms with Gasteiger partial charge >= 0.3 is 0 Å². The van der Waals surface area contributed by atoms with E-state index < -0.39 is 0 Å². The number of hydrogen-bond acceptors (Lipinski definition) is 2. The van der Waals surface area contributed by atoms with Crippen LogP contribution in [0.2, 0.25) is 0 Å². The molecular weight excluding hydrogens is 280 g/mol. The molecule has 0 unspecified atom stereocenters. The van der Waals surface area contributed by atoms with E-state index in [1.54, 1.807) is 0 Å². The fourth-order valence-corrected chi connectivity index (χ4v) is 2.34. The van der Waals surface area contributed by atoms with Crippen LogP contribution in [0.25, 0.3) is 6.08 Å². The molecule has 0 saturated heterocycles. The summed E-state index contributed by atoms with van der Waals surface area (Å²) in [7, 11) is 0. The third kappa shape index (κ3) is 3.74. The summed E-state index contributed by atoms with van der Waals surface area (Å²) >= 11 is 0. The second-order valence-corrected chi connectivity index (χ2v) is 5.13. The van der Waals surface area contributed by atoms with Crippen molar-refractivity contribution in [2.45, 2.75) is 0 Å². The second kappa shape index (κ2) is 7.23. The molecule has 1 N–H and O–H groups in total. The van der Waals surface area contributed by atoms with E-state index >= 15 is 0 Å². The van der Waals surface area contributed by atoms with Crippen LogP contribution in [0.5, 0.6) is 0 Å². The smallest absolute Gasteiger partial charge is 0.0977 e. The predicted molar refractivity (Wildman–Crippen MR) is 98.7 cm³/mol. The van der Waals surface area contributed by atoms with E-state index in [-0.39, 0.29) is 0 Å². The zero-order valence-corrected chi connectivity index (χ0v) is 12.8. The van der Waals surface area contributed by atoms with Gasteiger partial charge in [0.2, 0.25) is 0 Å². The number of benzene rings is 3. The van der Waals surface area contributed by atoms with E-state index in [0.29, 0.717) is 0 Å². The van der Waals surface area contributed by atoms with Crippen molar-refractivity contribution in [2.24, 2.45) is 5.10 Å². The van der Waals surface area contributed by atoms with Crippen molar-refractivity contribution in [3.8, 4) is 0 Å². The maximum Gasteiger partial charge on any atom is 0.0977 e. The van der Waals surface area contributed by atoms with Crippen LogP contribution in [0.4, 0.5) is 5.69 Å². The van der Waals surface area contributed by atoms with Gasteiger partial charge in [0.15, 0.2) is 0 Å². The summed E-state index contributed by atoms with van der Waals surface area (Å²) in [5.41, 5.74) is 8.22. The summed E-state index contributed by atoms with van der Waals surface area (Å²) < 4.78 is 0. The number of rotatable bonds is 5. The molecule has 0 aromatic heterocycles. The van der Waals surface area contributed by atoms with Crippen LogP contribution in [-0.4, -0.2) is 5.71 Å². The third-order valence-electron chi connectivity index (χ3n) is 3.51. The van der Waals surface area contributed by atoms with Crippen molar-refractivity contribution in [1.82, 2.24) is 0 Å². The molecular formula is C21H18N2. The Bertz CT molecular complexity index is 764. The van der Waals surface area contributed by atoms with Crippen molar-refractivity contribution in [3.05, 3.63) is 108 Å². The first-order valence-electron chi connectivity index (χ1n) is 7.54. The van der Waals surface area contributed by atoms with E-state index in [4.69, 9.17) is 0 Å². The molecule has 0 radical (unpaired) electrons. The summed E-state index contributed by atoms with van der Waals surface area (Å²) in [6, 6.07) is 28.4. The lowest BCUT2D eigenvalue weighted by molar-refractivity contribution is 1.32. The molecule has 112 valence electrons. The first kappa shape index (κ1) is 14.8. The van der Waals surface area contributed by atoms with Gasteiger partial charge in [0.1, 0.15) is 0 Å². The Labute approximate surface area is 136 Å². The van der Waals surface area contributed by atoms with E-state index in [0.717, 1.165) is 28.1 Å². The maximum absolute atomic E-state index is 4.64. The van der Waals surface area contributed by atoms with Gasteiger partial charge in [-0.1, -0.05) is 85.5 Å². The van der Waals surface area contributed by atoms with Crippen LogP contribution in [0.3, 0.4) is 0 Å². The highest BCUT2D eigenvalue weighted by atomic mass is 15.3. The summed E-state index contributed by atoms with van der Waals surface area (Å²) in [6.07, 6.45) is 1.82. The van der Waals surface area contributed by atoms with Crippen LogP contribution in [0.15, 0.2) is 96.6 Å². The molecule has 2 nitrogen and oxygen atoms in total. The highest BCUT2D eigenvalue weighted by Crippen LogP contribution is 2.14. The van der Waals surface area contributed by atoms with Gasteiger partial charge in [-0.3, -0.25) is 5.43 Å². The molecule has 0 heterocycles. The summed E-state index contributed by atoms with van der Waals surface area (Å²) in [5, 5.41) is 4.64. The Morgan fingerprint density at radius 3 is 1.96 bits per heavy atom. The largest absolute Gasteiger partial charge is 0.278 e. The lowest BCUT2D eigenvalue weighted by Crippen LogP contribution is -2.06. The lowest BCUT2D eigenvalue weighted by atomic mass is 10.0. The van der Waals surface area contributed by atoms with Crippen LogP contribution in [0.1, 0.15) is 16.7 Å². The molecule has 0 atom stereocenters. The maximum atomic E-state index is 4.64. The molecule has 3 aromatic carbocycles. The number of anilines is 1. The van der Waals surface area contributed by atoms with E-state index in [1.165, 1.54) is 0 Å². The molecule has 3 aromatic rings. The quantitative estimate of drug-likeness (QED) is 0.508. The third-order valence-corrected chi connectivity index (χ3v) is 3.51. The van der Waals surface area contributed by atoms with Crippen molar-refractivity contribution in [1.29, 1.82) is 0 Å². The van der Waals surface area contributed by atoms with Gasteiger partial charge < -0.3 is 0 Å². The van der Waals surface area contributed by atoms with Crippen LogP contribution >= 0.6 is 0 Å². The average molecular weight is 298 g/mol. The lowest BCUT2D eigenvalue weighted by Gasteiger charge is -2.09. The Hall–Kier alpha value is -3.13. The molecule has 0 saturated carbocycles. The fraction of sp³-hybridized carbons (Fsp3) is 0. The summed E-state index contributed by atoms with van der Waals surface area (Å²) in [6.45, 7) is 3.80. The van der Waals surface area contributed by atoms with Crippen LogP contribution in [0, 0.1) is 0 Å². The zero-order chi connectivity index (χ0) is 15.9. The second-order valence-electron chi connectivity index (χ2n) is 5.13. The number of nitrogens with one attached hydrogen (secondary N) is 1. The van der Waals surface area contributed by atoms with Gasteiger partial charge in [0, 0.05) is 11.1 Å². The molecule has 0 fully saturated rings. The molecule has 23 heavy (non-hydrogen) atoms. The van der Waals surface area contributed by atoms with Crippen molar-refractivity contribution in [3.63, 3.8) is 0 Å². The minimum absolute atomic E-state index is 0.912. The van der Waals surface area contributed by atoms with E-state index in [9.17, 15) is 0 Å². The van der Waals surface area contributed by atoms with E-state index in [2.05, 4.69) is 41.4 Å². The molecule has 0 aliphatic heterocycles. The molecule has 0 aliphatic rings. The van der Waals surface area contributed by atoms with Crippen LogP contribution in [-0.2, 0) is 0 Å². The van der Waals surface area contributed by atoms with E-state index in [1.807, 2.05) is 66.7 Å². The topological polar surface area (TPSA) is 24.4 Å². The van der Waals surface area contributed by atoms with Gasteiger partial charge in [-0.05, 0) is 17.7 Å². The van der Waals surface area contributed by atoms with Gasteiger partial charge in [-0.25, -0.2) is 0 Å². The molecule has 3 rings (SSSR count).